The van der Waals surface area contributed by atoms with Crippen molar-refractivity contribution < 1.29 is 32.9 Å². The number of hydrogen-bond donors (Lipinski definition) is 4. The van der Waals surface area contributed by atoms with Gasteiger partial charge in [0, 0.05) is 81.4 Å². The van der Waals surface area contributed by atoms with Crippen molar-refractivity contribution in [2.75, 3.05) is 47.3 Å². The van der Waals surface area contributed by atoms with Gasteiger partial charge in [-0.15, -0.1) is 0 Å². The van der Waals surface area contributed by atoms with Crippen LogP contribution in [0.15, 0.2) is 53.8 Å². The van der Waals surface area contributed by atoms with Gasteiger partial charge in [-0.3, -0.25) is 43.9 Å². The molecule has 0 bridgehead atoms. The molecule has 5 amide bonds. The van der Waals surface area contributed by atoms with E-state index in [0.717, 1.165) is 24.2 Å². The lowest BCUT2D eigenvalue weighted by Gasteiger charge is -2.35. The molecular weight excluding hydrogens is 830 g/mol. The zero-order chi connectivity index (χ0) is 44.5. The van der Waals surface area contributed by atoms with Gasteiger partial charge in [-0.25, -0.2) is 14.1 Å². The van der Waals surface area contributed by atoms with Crippen LogP contribution in [0.3, 0.4) is 0 Å². The van der Waals surface area contributed by atoms with Crippen LogP contribution in [0.5, 0.6) is 0 Å². The number of imide groups is 2. The van der Waals surface area contributed by atoms with Crippen molar-refractivity contribution in [1.29, 1.82) is 0 Å². The number of likely N-dealkylation sites (tertiary alicyclic amines) is 1. The van der Waals surface area contributed by atoms with Gasteiger partial charge < -0.3 is 25.8 Å². The standard InChI is InChI=1S/C44H50FN11O6S/c1-3-63(62)52-32-9-8-26(21-31(32)45)39-38-40(53(2)51-39)30(24-49-41(38)47)27(22-46)23-48-28-15-19-55(20-16-28)36(58)12-7-25-13-17-54(18-14-25)33-6-4-5-29-37(33)44(61)56(43(29)60)34-10-11-35(57)50-42(34)59/h4-6,8-9,21-25,28,34,52H,3,7,10-20,46H2,1-2H3,(H2,47,49)(H,50,57,59). The molecular formula is C44H50FN11O6S. The lowest BCUT2D eigenvalue weighted by atomic mass is 9.91. The van der Waals surface area contributed by atoms with Crippen LogP contribution < -0.4 is 26.4 Å². The van der Waals surface area contributed by atoms with E-state index in [1.54, 1.807) is 49.3 Å². The summed E-state index contributed by atoms with van der Waals surface area (Å²) in [6, 6.07) is 8.66. The molecule has 19 heteroatoms. The maximum atomic E-state index is 15.1. The molecule has 6 heterocycles. The first kappa shape index (κ1) is 43.3. The Balaban J connectivity index is 0.837. The van der Waals surface area contributed by atoms with Crippen molar-refractivity contribution in [3.05, 3.63) is 71.3 Å². The normalized spacial score (nSPS) is 19.7. The van der Waals surface area contributed by atoms with E-state index < -0.39 is 46.8 Å². The molecule has 4 aliphatic heterocycles. The second kappa shape index (κ2) is 18.2. The monoisotopic (exact) mass is 879 g/mol. The third-order valence-electron chi connectivity index (χ3n) is 12.5. The molecule has 2 atom stereocenters. The number of carbonyl (C=O) groups is 5. The number of fused-ring (bicyclic) bond motifs is 2. The van der Waals surface area contributed by atoms with Gasteiger partial charge in [-0.05, 0) is 75.6 Å². The summed E-state index contributed by atoms with van der Waals surface area (Å²) in [4.78, 5) is 78.9. The molecule has 2 unspecified atom stereocenters. The van der Waals surface area contributed by atoms with Gasteiger partial charge in [0.1, 0.15) is 29.0 Å². The molecule has 4 aliphatic rings. The Morgan fingerprint density at radius 2 is 1.83 bits per heavy atom. The summed E-state index contributed by atoms with van der Waals surface area (Å²) in [5.74, 6) is -1.67. The number of aromatic nitrogens is 3. The maximum Gasteiger partial charge on any atom is 0.264 e. The second-order valence-electron chi connectivity index (χ2n) is 16.3. The van der Waals surface area contributed by atoms with E-state index in [4.69, 9.17) is 16.5 Å². The number of halogens is 1. The Hall–Kier alpha value is -6.34. The number of piperidine rings is 3. The average molecular weight is 880 g/mol. The van der Waals surface area contributed by atoms with E-state index in [9.17, 15) is 28.5 Å². The largest absolute Gasteiger partial charge is 0.593 e. The number of nitrogens with one attached hydrogen (secondary N) is 2. The zero-order valence-corrected chi connectivity index (χ0v) is 36.0. The molecule has 17 nitrogen and oxygen atoms in total. The van der Waals surface area contributed by atoms with Gasteiger partial charge >= 0.3 is 0 Å². The molecule has 0 aliphatic carbocycles. The number of anilines is 3. The first-order valence-corrected chi connectivity index (χ1v) is 22.6. The van der Waals surface area contributed by atoms with Crippen LogP contribution in [-0.4, -0.2) is 109 Å². The fourth-order valence-electron chi connectivity index (χ4n) is 9.05. The van der Waals surface area contributed by atoms with Gasteiger partial charge in [0.05, 0.1) is 45.1 Å². The van der Waals surface area contributed by atoms with Crippen LogP contribution in [0.4, 0.5) is 21.6 Å². The number of hydrogen-bond acceptors (Lipinski definition) is 13. The molecule has 6 N–H and O–H groups in total. The zero-order valence-electron chi connectivity index (χ0n) is 35.1. The Morgan fingerprint density at radius 3 is 2.52 bits per heavy atom. The summed E-state index contributed by atoms with van der Waals surface area (Å²) >= 11 is -1.41. The van der Waals surface area contributed by atoms with Crippen molar-refractivity contribution >= 4 is 80.8 Å². The highest BCUT2D eigenvalue weighted by molar-refractivity contribution is 7.92. The number of nitrogens with two attached hydrogens (primary N) is 2. The first-order valence-electron chi connectivity index (χ1n) is 21.3. The van der Waals surface area contributed by atoms with Crippen molar-refractivity contribution in [2.24, 2.45) is 23.7 Å². The SMILES string of the molecule is CC[S+]([O-])Nc1ccc(-c2nn(C)c3c(C(C=NC4CCN(C(=O)CCC5CCN(c6cccc7c6C(=O)N(C6CCC(=O)NC6=O)C7=O)CC5)CC4)=CN)cnc(N)c23)cc1F. The molecule has 330 valence electrons. The Morgan fingerprint density at radius 1 is 1.06 bits per heavy atom. The Kier molecular flexibility index (Phi) is 12.5. The lowest BCUT2D eigenvalue weighted by Crippen LogP contribution is -2.54. The van der Waals surface area contributed by atoms with Crippen LogP contribution in [0.2, 0.25) is 0 Å². The molecule has 3 saturated heterocycles. The summed E-state index contributed by atoms with van der Waals surface area (Å²) in [7, 11) is 1.76. The predicted octanol–water partition coefficient (Wildman–Crippen LogP) is 3.91. The van der Waals surface area contributed by atoms with Crippen molar-refractivity contribution in [1.82, 2.24) is 29.9 Å². The van der Waals surface area contributed by atoms with E-state index in [2.05, 4.69) is 25.0 Å². The number of nitrogens with zero attached hydrogens (tertiary/aromatic N) is 7. The first-order chi connectivity index (χ1) is 30.4. The number of aryl methyl sites for hydroxylation is 1. The lowest BCUT2D eigenvalue weighted by molar-refractivity contribution is -0.136. The molecule has 0 spiro atoms. The van der Waals surface area contributed by atoms with Gasteiger partial charge in [-0.2, -0.15) is 5.10 Å². The fraction of sp³-hybridized carbons (Fsp3) is 0.409. The number of aliphatic imine (C=N–C) groups is 1. The Labute approximate surface area is 366 Å². The third-order valence-corrected chi connectivity index (χ3v) is 13.5. The molecule has 4 aromatic rings. The average Bonchev–Trinajstić information content (AvgIpc) is 3.77. The summed E-state index contributed by atoms with van der Waals surface area (Å²) in [6.45, 7) is 4.22. The highest BCUT2D eigenvalue weighted by Crippen LogP contribution is 2.38. The predicted molar refractivity (Wildman–Crippen MR) is 238 cm³/mol. The number of nitrogen functional groups attached to an aromatic ring is 1. The Bertz CT molecular complexity index is 2550. The number of benzene rings is 2. The summed E-state index contributed by atoms with van der Waals surface area (Å²) in [5.41, 5.74) is 16.7. The minimum absolute atomic E-state index is 0.0255. The van der Waals surface area contributed by atoms with E-state index in [1.807, 2.05) is 11.0 Å². The number of pyridine rings is 1. The van der Waals surface area contributed by atoms with E-state index in [0.29, 0.717) is 102 Å². The van der Waals surface area contributed by atoms with Crippen LogP contribution in [0.25, 0.3) is 27.7 Å². The topological polar surface area (TPSA) is 237 Å². The minimum Gasteiger partial charge on any atom is -0.593 e. The molecule has 8 rings (SSSR count). The van der Waals surface area contributed by atoms with Gasteiger partial charge in [0.2, 0.25) is 17.7 Å². The molecule has 0 radical (unpaired) electrons. The van der Waals surface area contributed by atoms with E-state index in [1.165, 1.54) is 18.3 Å². The molecule has 2 aromatic carbocycles. The summed E-state index contributed by atoms with van der Waals surface area (Å²) in [6.07, 6.45) is 9.16. The highest BCUT2D eigenvalue weighted by atomic mass is 32.2. The van der Waals surface area contributed by atoms with Gasteiger partial charge in [-0.1, -0.05) is 12.1 Å². The van der Waals surface area contributed by atoms with Crippen molar-refractivity contribution in [2.45, 2.75) is 70.4 Å². The molecule has 63 heavy (non-hydrogen) atoms. The summed E-state index contributed by atoms with van der Waals surface area (Å²) < 4.78 is 31.3. The third kappa shape index (κ3) is 8.58. The van der Waals surface area contributed by atoms with Gasteiger partial charge in [0.15, 0.2) is 5.82 Å². The smallest absolute Gasteiger partial charge is 0.264 e. The number of rotatable bonds is 12. The summed E-state index contributed by atoms with van der Waals surface area (Å²) in [5, 5.41) is 7.45. The van der Waals surface area contributed by atoms with Crippen molar-refractivity contribution in [3.63, 3.8) is 0 Å². The van der Waals surface area contributed by atoms with Crippen molar-refractivity contribution in [3.8, 4) is 11.3 Å². The van der Waals surface area contributed by atoms with E-state index in [-0.39, 0.29) is 41.9 Å². The quantitative estimate of drug-likeness (QED) is 0.0901. The van der Waals surface area contributed by atoms with Crippen LogP contribution in [0, 0.1) is 11.7 Å². The van der Waals surface area contributed by atoms with E-state index >= 15 is 4.39 Å². The van der Waals surface area contributed by atoms with Crippen LogP contribution in [-0.2, 0) is 32.8 Å². The number of amides is 5. The van der Waals surface area contributed by atoms with Crippen LogP contribution in [0.1, 0.15) is 84.6 Å². The van der Waals surface area contributed by atoms with Crippen LogP contribution >= 0.6 is 0 Å². The second-order valence-corrected chi connectivity index (χ2v) is 17.8. The highest BCUT2D eigenvalue weighted by Gasteiger charge is 2.46. The molecule has 0 saturated carbocycles. The minimum atomic E-state index is -1.41. The maximum absolute atomic E-state index is 15.1. The molecule has 2 aromatic heterocycles. The number of carbonyl (C=O) groups excluding carboxylic acids is 5. The fourth-order valence-corrected chi connectivity index (χ4v) is 9.61. The van der Waals surface area contributed by atoms with Gasteiger partial charge in [0.25, 0.3) is 11.8 Å². The number of allylic oxidation sites excluding steroid dienone is 1. The molecule has 3 fully saturated rings.